The van der Waals surface area contributed by atoms with Gasteiger partial charge in [0.05, 0.1) is 11.3 Å². The van der Waals surface area contributed by atoms with Crippen molar-refractivity contribution in [1.29, 1.82) is 5.26 Å². The van der Waals surface area contributed by atoms with Gasteiger partial charge >= 0.3 is 5.97 Å². The third kappa shape index (κ3) is 6.54. The summed E-state index contributed by atoms with van der Waals surface area (Å²) >= 11 is 1.68. The lowest BCUT2D eigenvalue weighted by Gasteiger charge is -2.11. The molecule has 0 saturated heterocycles. The summed E-state index contributed by atoms with van der Waals surface area (Å²) in [6.45, 7) is 2.88. The number of hydrogen-bond acceptors (Lipinski definition) is 4. The van der Waals surface area contributed by atoms with Crippen LogP contribution in [0.4, 0.5) is 5.69 Å². The smallest absolute Gasteiger partial charge is 0.303 e. The second-order valence-electron chi connectivity index (χ2n) is 4.71. The lowest BCUT2D eigenvalue weighted by Crippen LogP contribution is -2.04. The molecule has 0 saturated carbocycles. The fourth-order valence-corrected chi connectivity index (χ4v) is 2.83. The predicted molar refractivity (Wildman–Crippen MR) is 86.8 cm³/mol. The van der Waals surface area contributed by atoms with Crippen molar-refractivity contribution in [1.82, 2.24) is 0 Å². The van der Waals surface area contributed by atoms with E-state index in [2.05, 4.69) is 18.3 Å². The van der Waals surface area contributed by atoms with Crippen LogP contribution in [0.1, 0.15) is 44.6 Å². The topological polar surface area (TPSA) is 73.1 Å². The van der Waals surface area contributed by atoms with E-state index in [-0.39, 0.29) is 6.42 Å². The van der Waals surface area contributed by atoms with Gasteiger partial charge in [0.1, 0.15) is 6.07 Å². The molecule has 4 nitrogen and oxygen atoms in total. The Labute approximate surface area is 130 Å². The normalized spacial score (nSPS) is 10.1. The minimum atomic E-state index is -0.725. The highest BCUT2D eigenvalue weighted by Gasteiger charge is 2.07. The van der Waals surface area contributed by atoms with Crippen molar-refractivity contribution < 1.29 is 9.90 Å². The van der Waals surface area contributed by atoms with Crippen LogP contribution in [0, 0.1) is 11.3 Å². The summed E-state index contributed by atoms with van der Waals surface area (Å²) in [6, 6.07) is 8.15. The number of anilines is 1. The first kappa shape index (κ1) is 17.4. The van der Waals surface area contributed by atoms with Crippen LogP contribution in [-0.2, 0) is 4.79 Å². The number of aliphatic carboxylic acids is 1. The molecule has 0 fully saturated rings. The zero-order valence-corrected chi connectivity index (χ0v) is 13.2. The van der Waals surface area contributed by atoms with Gasteiger partial charge in [-0.3, -0.25) is 4.79 Å². The molecule has 0 aliphatic heterocycles. The van der Waals surface area contributed by atoms with Gasteiger partial charge in [0.2, 0.25) is 0 Å². The van der Waals surface area contributed by atoms with Crippen molar-refractivity contribution in [2.24, 2.45) is 0 Å². The van der Waals surface area contributed by atoms with Crippen LogP contribution in [0.25, 0.3) is 0 Å². The van der Waals surface area contributed by atoms with Crippen LogP contribution in [-0.4, -0.2) is 23.4 Å². The summed E-state index contributed by atoms with van der Waals surface area (Å²) < 4.78 is 0. The van der Waals surface area contributed by atoms with Gasteiger partial charge in [0.15, 0.2) is 0 Å². The fraction of sp³-hybridized carbons (Fsp3) is 0.500. The summed E-state index contributed by atoms with van der Waals surface area (Å²) in [6.07, 6.45) is 3.91. The SMILES string of the molecule is CCSc1cccc(NCCCCCCC(=O)O)c1C#N. The first-order valence-electron chi connectivity index (χ1n) is 7.30. The van der Waals surface area contributed by atoms with Crippen molar-refractivity contribution >= 4 is 23.4 Å². The number of nitrogens with zero attached hydrogens (tertiary/aromatic N) is 1. The van der Waals surface area contributed by atoms with E-state index in [4.69, 9.17) is 5.11 Å². The van der Waals surface area contributed by atoms with Crippen LogP contribution >= 0.6 is 11.8 Å². The summed E-state index contributed by atoms with van der Waals surface area (Å²) in [4.78, 5) is 11.4. The molecule has 0 radical (unpaired) electrons. The van der Waals surface area contributed by atoms with E-state index in [1.54, 1.807) is 11.8 Å². The Kier molecular flexibility index (Phi) is 8.37. The minimum absolute atomic E-state index is 0.252. The first-order valence-corrected chi connectivity index (χ1v) is 8.29. The Hall–Kier alpha value is -1.67. The largest absolute Gasteiger partial charge is 0.481 e. The highest BCUT2D eigenvalue weighted by molar-refractivity contribution is 7.99. The molecule has 1 aromatic carbocycles. The zero-order valence-electron chi connectivity index (χ0n) is 12.4. The fourth-order valence-electron chi connectivity index (χ4n) is 2.05. The van der Waals surface area contributed by atoms with Gasteiger partial charge in [-0.25, -0.2) is 0 Å². The third-order valence-corrected chi connectivity index (χ3v) is 4.01. The number of nitriles is 1. The number of hydrogen-bond donors (Lipinski definition) is 2. The van der Waals surface area contributed by atoms with Gasteiger partial charge in [0, 0.05) is 17.9 Å². The van der Waals surface area contributed by atoms with E-state index in [9.17, 15) is 10.1 Å². The van der Waals surface area contributed by atoms with Crippen molar-refractivity contribution in [3.63, 3.8) is 0 Å². The van der Waals surface area contributed by atoms with Gasteiger partial charge < -0.3 is 10.4 Å². The molecule has 0 atom stereocenters. The predicted octanol–water partition coefficient (Wildman–Crippen LogP) is 4.12. The van der Waals surface area contributed by atoms with Crippen molar-refractivity contribution in [2.45, 2.75) is 43.9 Å². The molecule has 0 aliphatic rings. The van der Waals surface area contributed by atoms with Gasteiger partial charge in [-0.05, 0) is 30.7 Å². The Balaban J connectivity index is 2.37. The summed E-state index contributed by atoms with van der Waals surface area (Å²) in [5.74, 6) is 0.221. The van der Waals surface area contributed by atoms with Crippen molar-refractivity contribution in [2.75, 3.05) is 17.6 Å². The first-order chi connectivity index (χ1) is 10.2. The molecule has 5 heteroatoms. The molecule has 1 rings (SSSR count). The Morgan fingerprint density at radius 3 is 2.76 bits per heavy atom. The molecule has 0 spiro atoms. The highest BCUT2D eigenvalue weighted by Crippen LogP contribution is 2.27. The van der Waals surface area contributed by atoms with Gasteiger partial charge in [0.25, 0.3) is 0 Å². The quantitative estimate of drug-likeness (QED) is 0.502. The molecule has 114 valence electrons. The van der Waals surface area contributed by atoms with Crippen LogP contribution in [0.2, 0.25) is 0 Å². The summed E-state index contributed by atoms with van der Waals surface area (Å²) in [5, 5.41) is 21.1. The third-order valence-electron chi connectivity index (χ3n) is 3.07. The van der Waals surface area contributed by atoms with E-state index >= 15 is 0 Å². The number of rotatable bonds is 10. The standard InChI is InChI=1S/C16H22N2O2S/c1-2-21-15-9-7-8-14(13(15)12-17)18-11-6-4-3-5-10-16(19)20/h7-9,18H,2-6,10-11H2,1H3,(H,19,20). The molecule has 0 aromatic heterocycles. The number of benzene rings is 1. The summed E-state index contributed by atoms with van der Waals surface area (Å²) in [5.41, 5.74) is 1.61. The number of carbonyl (C=O) groups is 1. The Morgan fingerprint density at radius 2 is 2.10 bits per heavy atom. The number of thioether (sulfide) groups is 1. The van der Waals surface area contributed by atoms with Gasteiger partial charge in [-0.1, -0.05) is 25.8 Å². The van der Waals surface area contributed by atoms with Crippen LogP contribution in [0.5, 0.6) is 0 Å². The number of carboxylic acids is 1. The lowest BCUT2D eigenvalue weighted by molar-refractivity contribution is -0.137. The molecule has 0 bridgehead atoms. The van der Waals surface area contributed by atoms with Gasteiger partial charge in [-0.15, -0.1) is 11.8 Å². The number of carboxylic acid groups (broad SMARTS) is 1. The van der Waals surface area contributed by atoms with E-state index in [1.807, 2.05) is 18.2 Å². The molecular weight excluding hydrogens is 284 g/mol. The number of nitrogens with one attached hydrogen (secondary N) is 1. The van der Waals surface area contributed by atoms with Crippen molar-refractivity contribution in [3.05, 3.63) is 23.8 Å². The van der Waals surface area contributed by atoms with E-state index in [1.165, 1.54) is 0 Å². The highest BCUT2D eigenvalue weighted by atomic mass is 32.2. The molecule has 2 N–H and O–H groups in total. The minimum Gasteiger partial charge on any atom is -0.481 e. The molecule has 0 aliphatic carbocycles. The Morgan fingerprint density at radius 1 is 1.33 bits per heavy atom. The monoisotopic (exact) mass is 306 g/mol. The van der Waals surface area contributed by atoms with E-state index in [0.717, 1.165) is 54.1 Å². The second-order valence-corrected chi connectivity index (χ2v) is 6.01. The van der Waals surface area contributed by atoms with E-state index in [0.29, 0.717) is 0 Å². The second kappa shape index (κ2) is 10.1. The molecular formula is C16H22N2O2S. The molecule has 1 aromatic rings. The van der Waals surface area contributed by atoms with Crippen LogP contribution < -0.4 is 5.32 Å². The Bertz CT molecular complexity index is 498. The summed E-state index contributed by atoms with van der Waals surface area (Å²) in [7, 11) is 0. The molecule has 0 heterocycles. The van der Waals surface area contributed by atoms with Crippen molar-refractivity contribution in [3.8, 4) is 6.07 Å². The molecule has 0 amide bonds. The molecule has 0 unspecified atom stereocenters. The van der Waals surface area contributed by atoms with Crippen LogP contribution in [0.15, 0.2) is 23.1 Å². The average molecular weight is 306 g/mol. The number of unbranched alkanes of at least 4 members (excludes halogenated alkanes) is 3. The van der Waals surface area contributed by atoms with Crippen LogP contribution in [0.3, 0.4) is 0 Å². The average Bonchev–Trinajstić information content (AvgIpc) is 2.46. The lowest BCUT2D eigenvalue weighted by atomic mass is 10.1. The zero-order chi connectivity index (χ0) is 15.5. The van der Waals surface area contributed by atoms with Gasteiger partial charge in [-0.2, -0.15) is 5.26 Å². The maximum Gasteiger partial charge on any atom is 0.303 e. The maximum absolute atomic E-state index is 10.4. The molecule has 21 heavy (non-hydrogen) atoms. The maximum atomic E-state index is 10.4. The van der Waals surface area contributed by atoms with E-state index < -0.39 is 5.97 Å².